The second kappa shape index (κ2) is 35.2. The number of H-pyrrole nitrogens is 1. The van der Waals surface area contributed by atoms with Gasteiger partial charge < -0.3 is 84.9 Å². The number of aliphatic carboxylic acids is 1. The lowest BCUT2D eigenvalue weighted by molar-refractivity contribution is -0.142. The van der Waals surface area contributed by atoms with E-state index in [2.05, 4.69) is 65.1 Å². The number of thiol groups is 1. The number of nitrogens with one attached hydrogen (secondary N) is 9. The highest BCUT2D eigenvalue weighted by Crippen LogP contribution is 2.23. The van der Waals surface area contributed by atoms with Gasteiger partial charge >= 0.3 is 5.97 Å². The second-order valence-electron chi connectivity index (χ2n) is 23.1. The van der Waals surface area contributed by atoms with E-state index in [1.165, 1.54) is 24.0 Å². The Balaban J connectivity index is 1.14. The minimum absolute atomic E-state index is 0.0211. The van der Waals surface area contributed by atoms with Crippen molar-refractivity contribution in [3.8, 4) is 5.75 Å². The number of hydrogen-bond acceptors (Lipinski definition) is 15. The number of nitrogens with zero attached hydrogens (tertiary/aromatic N) is 2. The molecule has 18 N–H and O–H groups in total. The highest BCUT2D eigenvalue weighted by atomic mass is 32.1. The maximum atomic E-state index is 14.5. The summed E-state index contributed by atoms with van der Waals surface area (Å²) < 4.78 is 0. The number of carbonyl (C=O) groups excluding carboxylic acids is 9. The predicted molar refractivity (Wildman–Crippen MR) is 346 cm³/mol. The number of carboxylic acid groups (broad SMARTS) is 1. The Morgan fingerprint density at radius 2 is 1.20 bits per heavy atom. The first-order chi connectivity index (χ1) is 43.9. The summed E-state index contributed by atoms with van der Waals surface area (Å²) in [4.78, 5) is 147. The summed E-state index contributed by atoms with van der Waals surface area (Å²) in [7, 11) is 0. The summed E-state index contributed by atoms with van der Waals surface area (Å²) in [5.41, 5.74) is 20.2. The molecule has 28 heteroatoms. The van der Waals surface area contributed by atoms with Gasteiger partial charge in [0.1, 0.15) is 54.1 Å². The van der Waals surface area contributed by atoms with Crippen LogP contribution in [0, 0.1) is 5.92 Å². The molecule has 1 aromatic heterocycles. The second-order valence-corrected chi connectivity index (χ2v) is 23.4. The molecule has 27 nitrogen and oxygen atoms in total. The first-order valence-corrected chi connectivity index (χ1v) is 31.0. The van der Waals surface area contributed by atoms with Crippen LogP contribution < -0.4 is 59.7 Å². The standard InChI is InChI=1S/C64H84N14O13S/c1-36(2)28-46(72-60(87)52-21-13-27-78(52)62(89)49(30-40-22-24-42(80)25-23-40)74-55(82)44(65)19-12-26-68-64(66)67)58(85)77-54(37(3)79)61(88)73-47(29-38-14-6-4-7-15-38)56(83)70-34-53(81)71-48(32-41-33-69-45-20-11-10-18-43(41)45)57(84)76-51(35-92)59(86)75-50(63(90)91)31-39-16-8-5-9-17-39/h4-11,14-18,20,22-25,33,36-37,44,46-52,54,69,79-80,92H,12-13,19,21,26-32,34-35,65H2,1-3H3,(H,70,83)(H,71,81)(H,72,87)(H,73,88)(H,74,82)(H,75,86)(H,76,84)(H,77,85)(H,90,91)(H4,66,67,68)/t37-,44+,46+,47+,48+,49+,50+,51+,52+,54+/m1/s1. The molecule has 5 aromatic rings. The lowest BCUT2D eigenvalue weighted by Gasteiger charge is -2.31. The zero-order valence-electron chi connectivity index (χ0n) is 51.5. The van der Waals surface area contributed by atoms with Crippen LogP contribution in [-0.4, -0.2) is 176 Å². The summed E-state index contributed by atoms with van der Waals surface area (Å²) in [5.74, 6) is -9.21. The van der Waals surface area contributed by atoms with Crippen LogP contribution in [-0.2, 0) is 73.6 Å². The van der Waals surface area contributed by atoms with Crippen LogP contribution in [0.25, 0.3) is 10.9 Å². The highest BCUT2D eigenvalue weighted by Gasteiger charge is 2.41. The van der Waals surface area contributed by atoms with Crippen LogP contribution in [0.15, 0.2) is 120 Å². The van der Waals surface area contributed by atoms with E-state index < -0.39 is 126 Å². The van der Waals surface area contributed by atoms with Crippen LogP contribution in [0.2, 0.25) is 0 Å². The lowest BCUT2D eigenvalue weighted by Crippen LogP contribution is -2.61. The zero-order valence-corrected chi connectivity index (χ0v) is 52.4. The molecular formula is C64H84N14O13S. The molecule has 494 valence electrons. The van der Waals surface area contributed by atoms with Gasteiger partial charge in [-0.05, 0) is 85.4 Å². The van der Waals surface area contributed by atoms with Crippen LogP contribution >= 0.6 is 12.6 Å². The summed E-state index contributed by atoms with van der Waals surface area (Å²) in [6, 6.07) is 18.4. The molecule has 1 aliphatic rings. The number of nitrogens with two attached hydrogens (primary N) is 3. The molecule has 1 fully saturated rings. The molecule has 0 saturated carbocycles. The van der Waals surface area contributed by atoms with E-state index in [-0.39, 0.29) is 81.4 Å². The van der Waals surface area contributed by atoms with Crippen molar-refractivity contribution >= 4 is 88.6 Å². The lowest BCUT2D eigenvalue weighted by atomic mass is 10.0. The molecule has 10 atom stereocenters. The fourth-order valence-electron chi connectivity index (χ4n) is 10.5. The van der Waals surface area contributed by atoms with E-state index in [4.69, 9.17) is 17.2 Å². The molecule has 0 spiro atoms. The number of aromatic amines is 1. The molecule has 0 aliphatic carbocycles. The highest BCUT2D eigenvalue weighted by molar-refractivity contribution is 7.80. The molecule has 6 rings (SSSR count). The summed E-state index contributed by atoms with van der Waals surface area (Å²) in [6.45, 7) is 4.41. The molecular weight excluding hydrogens is 1200 g/mol. The number of phenolic OH excluding ortho intramolecular Hbond substituents is 1. The van der Waals surface area contributed by atoms with Crippen LogP contribution in [0.1, 0.15) is 75.1 Å². The van der Waals surface area contributed by atoms with E-state index in [0.29, 0.717) is 35.1 Å². The van der Waals surface area contributed by atoms with Gasteiger partial charge in [0.15, 0.2) is 5.96 Å². The van der Waals surface area contributed by atoms with E-state index in [1.54, 1.807) is 111 Å². The number of aliphatic imine (C=N–C) groups is 1. The smallest absolute Gasteiger partial charge is 0.326 e. The van der Waals surface area contributed by atoms with Crippen molar-refractivity contribution in [2.45, 2.75) is 139 Å². The zero-order chi connectivity index (χ0) is 67.0. The number of para-hydroxylation sites is 1. The number of aromatic nitrogens is 1. The number of carbonyl (C=O) groups is 10. The predicted octanol–water partition coefficient (Wildman–Crippen LogP) is -0.533. The molecule has 0 unspecified atom stereocenters. The Labute approximate surface area is 538 Å². The number of amides is 9. The number of rotatable bonds is 34. The van der Waals surface area contributed by atoms with E-state index in [9.17, 15) is 63.3 Å². The number of likely N-dealkylation sites (tertiary alicyclic amines) is 1. The molecule has 0 radical (unpaired) electrons. The number of benzene rings is 4. The third kappa shape index (κ3) is 21.9. The molecule has 9 amide bonds. The van der Waals surface area contributed by atoms with Gasteiger partial charge in [0, 0.05) is 61.6 Å². The van der Waals surface area contributed by atoms with Crippen molar-refractivity contribution in [1.82, 2.24) is 52.4 Å². The number of hydrogen-bond donors (Lipinski definition) is 16. The third-order valence-corrected chi connectivity index (χ3v) is 15.7. The van der Waals surface area contributed by atoms with Gasteiger partial charge in [0.25, 0.3) is 0 Å². The number of phenols is 1. The van der Waals surface area contributed by atoms with Crippen molar-refractivity contribution in [3.63, 3.8) is 0 Å². The minimum atomic E-state index is -1.72. The van der Waals surface area contributed by atoms with Crippen LogP contribution in [0.3, 0.4) is 0 Å². The van der Waals surface area contributed by atoms with Gasteiger partial charge in [-0.2, -0.15) is 12.6 Å². The summed E-state index contributed by atoms with van der Waals surface area (Å²) >= 11 is 4.27. The number of guanidine groups is 1. The third-order valence-electron chi connectivity index (χ3n) is 15.3. The van der Waals surface area contributed by atoms with Crippen molar-refractivity contribution in [2.75, 3.05) is 25.4 Å². The Hall–Kier alpha value is -9.54. The van der Waals surface area contributed by atoms with Gasteiger partial charge in [-0.15, -0.1) is 0 Å². The molecule has 2 heterocycles. The average molecular weight is 1290 g/mol. The monoisotopic (exact) mass is 1290 g/mol. The Morgan fingerprint density at radius 3 is 1.82 bits per heavy atom. The molecule has 1 saturated heterocycles. The Bertz CT molecular complexity index is 3370. The van der Waals surface area contributed by atoms with Gasteiger partial charge in [-0.3, -0.25) is 48.1 Å². The number of aliphatic hydroxyl groups is 1. The van der Waals surface area contributed by atoms with Crippen LogP contribution in [0.5, 0.6) is 5.75 Å². The Morgan fingerprint density at radius 1 is 0.641 bits per heavy atom. The van der Waals surface area contributed by atoms with E-state index in [1.807, 2.05) is 6.07 Å². The van der Waals surface area contributed by atoms with Gasteiger partial charge in [0.2, 0.25) is 53.2 Å². The normalized spacial score (nSPS) is 15.8. The average Bonchev–Trinajstić information content (AvgIpc) is 1.65. The minimum Gasteiger partial charge on any atom is -0.508 e. The van der Waals surface area contributed by atoms with E-state index >= 15 is 0 Å². The van der Waals surface area contributed by atoms with Crippen molar-refractivity contribution in [2.24, 2.45) is 28.1 Å². The van der Waals surface area contributed by atoms with Crippen molar-refractivity contribution in [3.05, 3.63) is 138 Å². The van der Waals surface area contributed by atoms with Crippen molar-refractivity contribution in [1.29, 1.82) is 0 Å². The topological polar surface area (TPSA) is 437 Å². The van der Waals surface area contributed by atoms with Gasteiger partial charge in [-0.1, -0.05) is 105 Å². The molecule has 4 aromatic carbocycles. The maximum Gasteiger partial charge on any atom is 0.326 e. The Kier molecular flexibility index (Phi) is 27.3. The summed E-state index contributed by atoms with van der Waals surface area (Å²) in [5, 5.41) is 52.6. The van der Waals surface area contributed by atoms with Crippen LogP contribution in [0.4, 0.5) is 0 Å². The summed E-state index contributed by atoms with van der Waals surface area (Å²) in [6.07, 6.45) is 0.871. The fourth-order valence-corrected chi connectivity index (χ4v) is 10.8. The SMILES string of the molecule is CC(C)C[C@H](NC(=O)[C@@H]1CCCN1C(=O)[C@H](Cc1ccc(O)cc1)NC(=O)[C@@H](N)CCCN=C(N)N)C(=O)N[C@H](C(=O)N[C@@H](Cc1ccccc1)C(=O)NCC(=O)N[C@@H](Cc1c[nH]c2ccccc12)C(=O)N[C@@H](CS)C(=O)N[C@@H](Cc1ccccc1)C(=O)O)[C@@H](C)O. The molecule has 1 aliphatic heterocycles. The maximum absolute atomic E-state index is 14.5. The number of fused-ring (bicyclic) bond motifs is 1. The molecule has 92 heavy (non-hydrogen) atoms. The first kappa shape index (κ1) is 71.5. The number of aliphatic hydroxyl groups excluding tert-OH is 1. The quantitative estimate of drug-likeness (QED) is 0.0107. The fraction of sp³-hybridized carbons (Fsp3) is 0.422. The first-order valence-electron chi connectivity index (χ1n) is 30.3. The number of aromatic hydroxyl groups is 1. The van der Waals surface area contributed by atoms with Gasteiger partial charge in [0.05, 0.1) is 18.7 Å². The largest absolute Gasteiger partial charge is 0.508 e. The molecule has 0 bridgehead atoms. The van der Waals surface area contributed by atoms with Crippen molar-refractivity contribution < 1.29 is 63.3 Å². The number of carboxylic acids is 1. The van der Waals surface area contributed by atoms with Gasteiger partial charge in [-0.25, -0.2) is 4.79 Å². The van der Waals surface area contributed by atoms with E-state index in [0.717, 1.165) is 10.9 Å².